The van der Waals surface area contributed by atoms with E-state index < -0.39 is 0 Å². The number of hydrogen-bond donors (Lipinski definition) is 1. The Morgan fingerprint density at radius 2 is 1.57 bits per heavy atom. The molecule has 0 bridgehead atoms. The smallest absolute Gasteiger partial charge is 0.271 e. The summed E-state index contributed by atoms with van der Waals surface area (Å²) >= 11 is 7.18. The van der Waals surface area contributed by atoms with E-state index in [1.54, 1.807) is 24.4 Å². The zero-order valence-corrected chi connectivity index (χ0v) is 23.6. The second kappa shape index (κ2) is 12.7. The van der Waals surface area contributed by atoms with Crippen LogP contribution in [-0.4, -0.2) is 25.3 Å². The monoisotopic (exact) mass is 624 g/mol. The summed E-state index contributed by atoms with van der Waals surface area (Å²) in [4.78, 5) is 12.6. The molecule has 1 N–H and O–H groups in total. The third kappa shape index (κ3) is 6.70. The third-order valence-electron chi connectivity index (χ3n) is 5.46. The van der Waals surface area contributed by atoms with E-state index in [2.05, 4.69) is 66.7 Å². The Morgan fingerprint density at radius 1 is 0.865 bits per heavy atom. The maximum absolute atomic E-state index is 12.6. The van der Waals surface area contributed by atoms with Crippen LogP contribution in [0.25, 0.3) is 10.8 Å². The molecule has 0 aliphatic carbocycles. The van der Waals surface area contributed by atoms with Gasteiger partial charge in [0.2, 0.25) is 0 Å². The van der Waals surface area contributed by atoms with Crippen LogP contribution in [-0.2, 0) is 6.61 Å². The van der Waals surface area contributed by atoms with E-state index in [-0.39, 0.29) is 5.91 Å². The molecule has 6 nitrogen and oxygen atoms in total. The van der Waals surface area contributed by atoms with Crippen molar-refractivity contribution in [3.8, 4) is 17.2 Å². The second-order valence-corrected chi connectivity index (χ2v) is 9.68. The summed E-state index contributed by atoms with van der Waals surface area (Å²) in [7, 11) is 0. The lowest BCUT2D eigenvalue weighted by atomic mass is 10.1. The Hall–Kier alpha value is -3.36. The molecule has 8 heteroatoms. The lowest BCUT2D eigenvalue weighted by Gasteiger charge is -2.13. The molecule has 0 fully saturated rings. The summed E-state index contributed by atoms with van der Waals surface area (Å²) in [5, 5.41) is 6.45. The van der Waals surface area contributed by atoms with Crippen molar-refractivity contribution in [3.63, 3.8) is 0 Å². The van der Waals surface area contributed by atoms with Crippen molar-refractivity contribution in [2.24, 2.45) is 5.10 Å². The van der Waals surface area contributed by atoms with E-state index in [0.29, 0.717) is 42.6 Å². The second-order valence-electron chi connectivity index (χ2n) is 7.97. The normalized spacial score (nSPS) is 11.0. The summed E-state index contributed by atoms with van der Waals surface area (Å²) in [6, 6.07) is 23.2. The van der Waals surface area contributed by atoms with Gasteiger partial charge in [-0.3, -0.25) is 4.79 Å². The molecular weight excluding hydrogens is 600 g/mol. The van der Waals surface area contributed by atoms with Crippen LogP contribution in [0.1, 0.15) is 35.3 Å². The predicted molar refractivity (Wildman–Crippen MR) is 154 cm³/mol. The number of fused-ring (bicyclic) bond motifs is 1. The molecule has 4 rings (SSSR count). The quantitative estimate of drug-likeness (QED) is 0.146. The van der Waals surface area contributed by atoms with Crippen LogP contribution in [0.5, 0.6) is 17.2 Å². The lowest BCUT2D eigenvalue weighted by Crippen LogP contribution is -2.17. The Bertz CT molecular complexity index is 1410. The van der Waals surface area contributed by atoms with Crippen LogP contribution in [0.2, 0.25) is 0 Å². The summed E-state index contributed by atoms with van der Waals surface area (Å²) in [6.07, 6.45) is 1.57. The number of carbonyl (C=O) groups excluding carboxylic acids is 1. The topological polar surface area (TPSA) is 69.2 Å². The number of halogens is 2. The molecule has 0 saturated heterocycles. The van der Waals surface area contributed by atoms with Gasteiger partial charge in [0.25, 0.3) is 5.91 Å². The van der Waals surface area contributed by atoms with Crippen LogP contribution in [0, 0.1) is 0 Å². The molecule has 4 aromatic carbocycles. The molecule has 0 spiro atoms. The summed E-state index contributed by atoms with van der Waals surface area (Å²) in [6.45, 7) is 5.17. The summed E-state index contributed by atoms with van der Waals surface area (Å²) in [5.41, 5.74) is 4.86. The molecule has 0 atom stereocenters. The molecule has 0 aromatic heterocycles. The fraction of sp³-hybridized carbons (Fsp3) is 0.172. The fourth-order valence-corrected chi connectivity index (χ4v) is 5.23. The first-order chi connectivity index (χ1) is 18.0. The van der Waals surface area contributed by atoms with Crippen molar-refractivity contribution in [1.82, 2.24) is 5.43 Å². The van der Waals surface area contributed by atoms with Gasteiger partial charge in [-0.05, 0) is 97.9 Å². The van der Waals surface area contributed by atoms with Crippen molar-refractivity contribution in [2.75, 3.05) is 13.2 Å². The number of nitrogens with zero attached hydrogens (tertiary/aromatic N) is 1. The van der Waals surface area contributed by atoms with Gasteiger partial charge in [0.15, 0.2) is 11.5 Å². The first kappa shape index (κ1) is 26.7. The summed E-state index contributed by atoms with van der Waals surface area (Å²) < 4.78 is 18.8. The molecule has 37 heavy (non-hydrogen) atoms. The van der Waals surface area contributed by atoms with Crippen LogP contribution < -0.4 is 19.6 Å². The maximum Gasteiger partial charge on any atom is 0.271 e. The highest BCUT2D eigenvalue weighted by molar-refractivity contribution is 9.11. The number of hydrazone groups is 1. The van der Waals surface area contributed by atoms with Crippen molar-refractivity contribution < 1.29 is 19.0 Å². The Kier molecular flexibility index (Phi) is 9.19. The van der Waals surface area contributed by atoms with Crippen molar-refractivity contribution in [1.29, 1.82) is 0 Å². The number of nitrogens with one attached hydrogen (secondary N) is 1. The van der Waals surface area contributed by atoms with Crippen LogP contribution in [0.3, 0.4) is 0 Å². The Balaban J connectivity index is 1.42. The SMILES string of the molecule is CCOc1ccc(C(=O)N/N=C/c2cc(Br)c(OCc3cccc4ccccc34)c(Br)c2)cc1OCC. The van der Waals surface area contributed by atoms with E-state index in [9.17, 15) is 4.79 Å². The third-order valence-corrected chi connectivity index (χ3v) is 6.64. The fourth-order valence-electron chi connectivity index (χ4n) is 3.78. The molecule has 0 saturated carbocycles. The van der Waals surface area contributed by atoms with Crippen LogP contribution in [0.15, 0.2) is 86.8 Å². The van der Waals surface area contributed by atoms with Crippen LogP contribution >= 0.6 is 31.9 Å². The number of hydrogen-bond acceptors (Lipinski definition) is 5. The molecule has 4 aromatic rings. The Labute approximate surface area is 232 Å². The molecular formula is C29H26Br2N2O4. The van der Waals surface area contributed by atoms with E-state index in [4.69, 9.17) is 14.2 Å². The van der Waals surface area contributed by atoms with Gasteiger partial charge < -0.3 is 14.2 Å². The predicted octanol–water partition coefficient (Wildman–Crippen LogP) is 7.51. The minimum absolute atomic E-state index is 0.353. The molecule has 0 radical (unpaired) electrons. The first-order valence-electron chi connectivity index (χ1n) is 11.8. The highest BCUT2D eigenvalue weighted by atomic mass is 79.9. The minimum atomic E-state index is -0.353. The average Bonchev–Trinajstić information content (AvgIpc) is 2.89. The molecule has 0 aliphatic heterocycles. The molecule has 1 amide bonds. The number of amides is 1. The number of ether oxygens (including phenoxy) is 3. The molecule has 0 unspecified atom stereocenters. The van der Waals surface area contributed by atoms with Gasteiger partial charge in [0.05, 0.1) is 28.4 Å². The van der Waals surface area contributed by atoms with Gasteiger partial charge in [-0.25, -0.2) is 5.43 Å². The zero-order chi connectivity index (χ0) is 26.2. The van der Waals surface area contributed by atoms with Gasteiger partial charge in [0.1, 0.15) is 12.4 Å². The standard InChI is InChI=1S/C29H26Br2N2O4/c1-3-35-26-13-12-21(16-27(26)36-4-2)29(34)33-32-17-19-14-24(30)28(25(31)15-19)37-18-22-10-7-9-20-8-5-6-11-23(20)22/h5-17H,3-4,18H2,1-2H3,(H,33,34)/b32-17+. The minimum Gasteiger partial charge on any atom is -0.490 e. The zero-order valence-electron chi connectivity index (χ0n) is 20.5. The molecule has 0 heterocycles. The Morgan fingerprint density at radius 3 is 2.32 bits per heavy atom. The van der Waals surface area contributed by atoms with Crippen molar-refractivity contribution >= 4 is 54.8 Å². The van der Waals surface area contributed by atoms with Crippen molar-refractivity contribution in [3.05, 3.63) is 98.4 Å². The lowest BCUT2D eigenvalue weighted by molar-refractivity contribution is 0.0954. The number of rotatable bonds is 10. The van der Waals surface area contributed by atoms with E-state index >= 15 is 0 Å². The van der Waals surface area contributed by atoms with Gasteiger partial charge in [-0.1, -0.05) is 42.5 Å². The largest absolute Gasteiger partial charge is 0.490 e. The molecule has 0 aliphatic rings. The molecule has 190 valence electrons. The van der Waals surface area contributed by atoms with Crippen LogP contribution in [0.4, 0.5) is 0 Å². The number of benzene rings is 4. The van der Waals surface area contributed by atoms with Gasteiger partial charge >= 0.3 is 0 Å². The highest BCUT2D eigenvalue weighted by Gasteiger charge is 2.12. The van der Waals surface area contributed by atoms with E-state index in [1.807, 2.05) is 44.2 Å². The summed E-state index contributed by atoms with van der Waals surface area (Å²) in [5.74, 6) is 1.45. The van der Waals surface area contributed by atoms with E-state index in [0.717, 1.165) is 25.5 Å². The van der Waals surface area contributed by atoms with Gasteiger partial charge in [0, 0.05) is 5.56 Å². The van der Waals surface area contributed by atoms with E-state index in [1.165, 1.54) is 5.39 Å². The van der Waals surface area contributed by atoms with Gasteiger partial charge in [-0.15, -0.1) is 0 Å². The first-order valence-corrected chi connectivity index (χ1v) is 13.4. The van der Waals surface area contributed by atoms with Crippen molar-refractivity contribution in [2.45, 2.75) is 20.5 Å². The average molecular weight is 626 g/mol. The maximum atomic E-state index is 12.6. The number of carbonyl (C=O) groups is 1. The van der Waals surface area contributed by atoms with Gasteiger partial charge in [-0.2, -0.15) is 5.10 Å². The highest BCUT2D eigenvalue weighted by Crippen LogP contribution is 2.35.